The minimum absolute atomic E-state index is 0.0883. The Balaban J connectivity index is 1.52. The van der Waals surface area contributed by atoms with Crippen LogP contribution < -0.4 is 16.4 Å². The van der Waals surface area contributed by atoms with E-state index in [4.69, 9.17) is 15.9 Å². The fraction of sp³-hybridized carbons (Fsp3) is 0.643. The average Bonchev–Trinajstić information content (AvgIpc) is 3.24. The zero-order valence-electron chi connectivity index (χ0n) is 23.0. The number of carbonyl (C=O) groups excluding carboxylic acids is 2. The number of aliphatic hydroxyl groups is 1. The Bertz CT molecular complexity index is 1210. The number of amides is 2. The molecule has 1 aromatic rings. The Hall–Kier alpha value is -3.03. The number of thioether (sulfide) groups is 1. The molecule has 3 aliphatic carbocycles. The lowest BCUT2D eigenvalue weighted by Gasteiger charge is -2.50. The van der Waals surface area contributed by atoms with Crippen LogP contribution in [0.1, 0.15) is 68.9 Å². The number of carbonyl (C=O) groups is 4. The molecule has 2 fully saturated rings. The van der Waals surface area contributed by atoms with Crippen molar-refractivity contribution in [1.82, 2.24) is 10.6 Å². The summed E-state index contributed by atoms with van der Waals surface area (Å²) < 4.78 is 0. The summed E-state index contributed by atoms with van der Waals surface area (Å²) in [5.74, 6) is -3.63. The second kappa shape index (κ2) is 12.5. The minimum Gasteiger partial charge on any atom is -0.504 e. The summed E-state index contributed by atoms with van der Waals surface area (Å²) in [6.07, 6.45) is 4.22. The number of aromatic hydroxyl groups is 2. The highest BCUT2D eigenvalue weighted by atomic mass is 32.2. The molecule has 12 nitrogen and oxygen atoms in total. The summed E-state index contributed by atoms with van der Waals surface area (Å²) in [5, 5.41) is 55.1. The highest BCUT2D eigenvalue weighted by molar-refractivity contribution is 7.99. The van der Waals surface area contributed by atoms with Gasteiger partial charge in [0, 0.05) is 17.7 Å². The molecule has 4 rings (SSSR count). The van der Waals surface area contributed by atoms with E-state index in [-0.39, 0.29) is 47.5 Å². The lowest BCUT2D eigenvalue weighted by atomic mass is 9.55. The van der Waals surface area contributed by atoms with E-state index in [0.29, 0.717) is 28.7 Å². The van der Waals surface area contributed by atoms with Crippen LogP contribution in [-0.4, -0.2) is 79.8 Å². The first kappa shape index (κ1) is 30.9. The lowest BCUT2D eigenvalue weighted by molar-refractivity contribution is -0.139. The van der Waals surface area contributed by atoms with Crippen molar-refractivity contribution in [2.75, 3.05) is 12.3 Å². The molecule has 1 aromatic carbocycles. The Morgan fingerprint density at radius 2 is 1.85 bits per heavy atom. The topological polar surface area (TPSA) is 220 Å². The lowest BCUT2D eigenvalue weighted by Crippen LogP contribution is -2.49. The van der Waals surface area contributed by atoms with Gasteiger partial charge < -0.3 is 41.9 Å². The quantitative estimate of drug-likeness (QED) is 0.135. The number of carboxylic acid groups (broad SMARTS) is 2. The number of nitrogens with two attached hydrogens (primary N) is 1. The molecule has 41 heavy (non-hydrogen) atoms. The molecule has 226 valence electrons. The van der Waals surface area contributed by atoms with Crippen LogP contribution >= 0.6 is 11.8 Å². The molecule has 7 atom stereocenters. The highest BCUT2D eigenvalue weighted by Crippen LogP contribution is 2.62. The van der Waals surface area contributed by atoms with Crippen LogP contribution in [0.5, 0.6) is 11.5 Å². The number of hydrogen-bond acceptors (Lipinski definition) is 9. The van der Waals surface area contributed by atoms with E-state index in [1.807, 2.05) is 6.07 Å². The first-order valence-corrected chi connectivity index (χ1v) is 15.0. The normalized spacial score (nSPS) is 28.0. The molecule has 0 spiro atoms. The van der Waals surface area contributed by atoms with Crippen LogP contribution in [0.4, 0.5) is 0 Å². The molecule has 9 N–H and O–H groups in total. The van der Waals surface area contributed by atoms with Gasteiger partial charge in [-0.05, 0) is 79.7 Å². The predicted molar refractivity (Wildman–Crippen MR) is 149 cm³/mol. The second-order valence-electron chi connectivity index (χ2n) is 11.7. The van der Waals surface area contributed by atoms with Crippen molar-refractivity contribution in [3.8, 4) is 11.5 Å². The third kappa shape index (κ3) is 6.41. The van der Waals surface area contributed by atoms with Gasteiger partial charge in [-0.3, -0.25) is 19.2 Å². The molecule has 0 unspecified atom stereocenters. The Kier molecular flexibility index (Phi) is 9.39. The van der Waals surface area contributed by atoms with Crippen LogP contribution in [0, 0.1) is 17.3 Å². The van der Waals surface area contributed by atoms with Crippen LogP contribution in [-0.2, 0) is 25.6 Å². The average molecular weight is 594 g/mol. The summed E-state index contributed by atoms with van der Waals surface area (Å²) in [4.78, 5) is 47.4. The van der Waals surface area contributed by atoms with Crippen molar-refractivity contribution in [3.05, 3.63) is 17.2 Å². The summed E-state index contributed by atoms with van der Waals surface area (Å²) in [6, 6.07) is -0.604. The molecule has 0 heterocycles. The fourth-order valence-corrected chi connectivity index (χ4v) is 8.10. The summed E-state index contributed by atoms with van der Waals surface area (Å²) in [7, 11) is 0. The van der Waals surface area contributed by atoms with E-state index in [0.717, 1.165) is 49.4 Å². The van der Waals surface area contributed by atoms with E-state index in [2.05, 4.69) is 17.6 Å². The number of carboxylic acids is 2. The largest absolute Gasteiger partial charge is 0.504 e. The number of hydrogen-bond donors (Lipinski definition) is 8. The van der Waals surface area contributed by atoms with Gasteiger partial charge in [0.25, 0.3) is 0 Å². The van der Waals surface area contributed by atoms with Gasteiger partial charge in [0.2, 0.25) is 11.8 Å². The van der Waals surface area contributed by atoms with E-state index < -0.39 is 42.4 Å². The van der Waals surface area contributed by atoms with Crippen molar-refractivity contribution >= 4 is 35.5 Å². The third-order valence-electron chi connectivity index (χ3n) is 9.36. The Labute approximate surface area is 242 Å². The Morgan fingerprint density at radius 3 is 2.54 bits per heavy atom. The van der Waals surface area contributed by atoms with Gasteiger partial charge in [-0.1, -0.05) is 6.92 Å². The predicted octanol–water partition coefficient (Wildman–Crippen LogP) is 1.28. The number of phenols is 2. The van der Waals surface area contributed by atoms with Crippen LogP contribution in [0.15, 0.2) is 11.0 Å². The van der Waals surface area contributed by atoms with Gasteiger partial charge in [-0.2, -0.15) is 0 Å². The van der Waals surface area contributed by atoms with E-state index in [1.54, 1.807) is 0 Å². The van der Waals surface area contributed by atoms with Crippen molar-refractivity contribution in [2.24, 2.45) is 23.0 Å². The number of phenolic OH excluding ortho intramolecular Hbond substituents is 2. The van der Waals surface area contributed by atoms with Gasteiger partial charge in [0.1, 0.15) is 18.6 Å². The summed E-state index contributed by atoms with van der Waals surface area (Å²) >= 11 is 1.04. The zero-order chi connectivity index (χ0) is 30.1. The highest BCUT2D eigenvalue weighted by Gasteiger charge is 2.54. The standard InChI is InChI=1S/C28H39N3O9S/c1-28-9-8-13-14(17(28)4-6-21(28)32)2-3-15-16(13)10-20(25(37)24(15)36)41-12-19(26(38)30-11-23(34)35)31-22(33)7-5-18(29)27(39)40/h10,13-14,17-19,21,32,36-37H,2-9,11-12,29H2,1H3,(H,30,38)(H,31,33)(H,34,35)(H,39,40)/t13-,14+,17-,18+,19+,21+,28+/m1/s1. The van der Waals surface area contributed by atoms with Crippen molar-refractivity contribution in [3.63, 3.8) is 0 Å². The molecule has 0 aromatic heterocycles. The minimum atomic E-state index is -1.27. The third-order valence-corrected chi connectivity index (χ3v) is 10.5. The van der Waals surface area contributed by atoms with Crippen LogP contribution in [0.25, 0.3) is 0 Å². The van der Waals surface area contributed by atoms with Gasteiger partial charge in [-0.15, -0.1) is 11.8 Å². The molecular weight excluding hydrogens is 554 g/mol. The molecule has 0 bridgehead atoms. The van der Waals surface area contributed by atoms with Crippen LogP contribution in [0.2, 0.25) is 0 Å². The van der Waals surface area contributed by atoms with Gasteiger partial charge in [0.15, 0.2) is 11.5 Å². The van der Waals surface area contributed by atoms with Crippen molar-refractivity contribution in [2.45, 2.75) is 87.3 Å². The van der Waals surface area contributed by atoms with E-state index in [1.165, 1.54) is 0 Å². The molecule has 0 aliphatic heterocycles. The maximum absolute atomic E-state index is 12.7. The zero-order valence-corrected chi connectivity index (χ0v) is 23.8. The number of nitrogens with one attached hydrogen (secondary N) is 2. The SMILES string of the molecule is C[C@]12CC[C@H]3c4cc(SC[C@H](NC(=O)CC[C@H](N)C(=O)O)C(=O)NCC(=O)O)c(O)c(O)c4CC[C@@H]3[C@H]1CC[C@@H]2O. The first-order chi connectivity index (χ1) is 19.3. The molecule has 2 amide bonds. The number of fused-ring (bicyclic) bond motifs is 5. The van der Waals surface area contributed by atoms with Gasteiger partial charge in [0.05, 0.1) is 11.0 Å². The number of benzene rings is 1. The summed E-state index contributed by atoms with van der Waals surface area (Å²) in [5.41, 5.74) is 7.02. The molecule has 0 saturated heterocycles. The van der Waals surface area contributed by atoms with Gasteiger partial charge >= 0.3 is 11.9 Å². The monoisotopic (exact) mass is 593 g/mol. The van der Waals surface area contributed by atoms with E-state index in [9.17, 15) is 34.5 Å². The van der Waals surface area contributed by atoms with Gasteiger partial charge in [-0.25, -0.2) is 0 Å². The molecule has 0 radical (unpaired) electrons. The maximum Gasteiger partial charge on any atom is 0.322 e. The van der Waals surface area contributed by atoms with Crippen molar-refractivity contribution in [1.29, 1.82) is 0 Å². The molecular formula is C28H39N3O9S. The Morgan fingerprint density at radius 1 is 1.12 bits per heavy atom. The number of aliphatic carboxylic acids is 2. The molecule has 2 saturated carbocycles. The second-order valence-corrected chi connectivity index (χ2v) is 12.8. The number of aliphatic hydroxyl groups excluding tert-OH is 1. The smallest absolute Gasteiger partial charge is 0.322 e. The first-order valence-electron chi connectivity index (χ1n) is 14.0. The fourth-order valence-electron chi connectivity index (χ4n) is 7.07. The molecule has 3 aliphatic rings. The van der Waals surface area contributed by atoms with E-state index >= 15 is 0 Å². The molecule has 13 heteroatoms. The maximum atomic E-state index is 12.7. The number of rotatable bonds is 11. The van der Waals surface area contributed by atoms with Crippen LogP contribution in [0.3, 0.4) is 0 Å². The summed E-state index contributed by atoms with van der Waals surface area (Å²) in [6.45, 7) is 1.51. The van der Waals surface area contributed by atoms with Crippen molar-refractivity contribution < 1.29 is 44.7 Å².